The minimum Gasteiger partial charge on any atom is -0.391 e. The lowest BCUT2D eigenvalue weighted by molar-refractivity contribution is -0.0244. The van der Waals surface area contributed by atoms with Crippen LogP contribution in [0.5, 0.6) is 0 Å². The number of halogens is 2. The molecule has 1 aliphatic carbocycles. The topological polar surface area (TPSA) is 23.5 Å². The van der Waals surface area contributed by atoms with Crippen LogP contribution in [0.1, 0.15) is 45.1 Å². The number of hydrogen-bond acceptors (Lipinski definition) is 2. The third-order valence-electron chi connectivity index (χ3n) is 4.91. The van der Waals surface area contributed by atoms with Gasteiger partial charge in [-0.3, -0.25) is 4.90 Å². The monoisotopic (exact) mass is 329 g/mol. The maximum atomic E-state index is 10.9. The van der Waals surface area contributed by atoms with Gasteiger partial charge < -0.3 is 5.11 Å². The van der Waals surface area contributed by atoms with E-state index in [1.807, 2.05) is 12.1 Å². The molecular formula is C17H25Cl2NO. The molecule has 2 nitrogen and oxygen atoms in total. The first-order chi connectivity index (χ1) is 10.0. The van der Waals surface area contributed by atoms with Crippen molar-refractivity contribution in [1.29, 1.82) is 0 Å². The van der Waals surface area contributed by atoms with Crippen LogP contribution in [0.3, 0.4) is 0 Å². The van der Waals surface area contributed by atoms with Gasteiger partial charge in [-0.2, -0.15) is 0 Å². The van der Waals surface area contributed by atoms with Crippen molar-refractivity contribution in [2.24, 2.45) is 0 Å². The molecule has 0 radical (unpaired) electrons. The van der Waals surface area contributed by atoms with Crippen molar-refractivity contribution in [2.75, 3.05) is 13.1 Å². The Labute approximate surface area is 138 Å². The molecular weight excluding hydrogens is 305 g/mol. The fourth-order valence-corrected chi connectivity index (χ4v) is 4.27. The lowest BCUT2D eigenvalue weighted by atomic mass is 9.84. The van der Waals surface area contributed by atoms with Gasteiger partial charge in [-0.25, -0.2) is 0 Å². The largest absolute Gasteiger partial charge is 0.391 e. The Morgan fingerprint density at radius 3 is 2.33 bits per heavy atom. The summed E-state index contributed by atoms with van der Waals surface area (Å²) in [6.07, 6.45) is 4.73. The van der Waals surface area contributed by atoms with Gasteiger partial charge in [0.25, 0.3) is 0 Å². The molecule has 1 fully saturated rings. The minimum atomic E-state index is -0.390. The van der Waals surface area contributed by atoms with Crippen LogP contribution in [-0.4, -0.2) is 34.7 Å². The van der Waals surface area contributed by atoms with Crippen LogP contribution in [0.4, 0.5) is 0 Å². The van der Waals surface area contributed by atoms with Gasteiger partial charge in [0.1, 0.15) is 0 Å². The molecule has 1 aliphatic rings. The minimum absolute atomic E-state index is 0.0908. The van der Waals surface area contributed by atoms with E-state index in [9.17, 15) is 5.11 Å². The predicted octanol–water partition coefficient (Wildman–Crippen LogP) is 4.55. The maximum absolute atomic E-state index is 10.9. The van der Waals surface area contributed by atoms with Crippen LogP contribution in [-0.2, 0) is 6.42 Å². The van der Waals surface area contributed by atoms with Gasteiger partial charge in [0, 0.05) is 22.0 Å². The predicted molar refractivity (Wildman–Crippen MR) is 90.3 cm³/mol. The Kier molecular flexibility index (Phi) is 5.96. The number of benzene rings is 1. The Morgan fingerprint density at radius 1 is 1.19 bits per heavy atom. The molecule has 0 heterocycles. The average molecular weight is 330 g/mol. The molecule has 1 aromatic carbocycles. The van der Waals surface area contributed by atoms with Crippen LogP contribution in [0.15, 0.2) is 18.2 Å². The number of aliphatic hydroxyl groups is 1. The lowest BCUT2D eigenvalue weighted by Crippen LogP contribution is -2.55. The van der Waals surface area contributed by atoms with Crippen molar-refractivity contribution in [1.82, 2.24) is 4.90 Å². The number of rotatable bonds is 6. The van der Waals surface area contributed by atoms with Crippen LogP contribution in [0, 0.1) is 0 Å². The standard InChI is InChI=1S/C17H25Cl2NO/c1-3-20(4-2)17(9-5-6-10-17)16(21)11-13-7-8-14(18)12-15(13)19/h7-8,12,16,21H,3-6,9-11H2,1-2H3. The quantitative estimate of drug-likeness (QED) is 0.827. The molecule has 21 heavy (non-hydrogen) atoms. The number of hydrogen-bond donors (Lipinski definition) is 1. The van der Waals surface area contributed by atoms with Crippen molar-refractivity contribution in [3.8, 4) is 0 Å². The molecule has 1 atom stereocenters. The van der Waals surface area contributed by atoms with Gasteiger partial charge in [0.15, 0.2) is 0 Å². The maximum Gasteiger partial charge on any atom is 0.0764 e. The molecule has 0 aliphatic heterocycles. The molecule has 0 amide bonds. The summed E-state index contributed by atoms with van der Waals surface area (Å²) in [6.45, 7) is 6.29. The van der Waals surface area contributed by atoms with Gasteiger partial charge in [-0.1, -0.05) is 56.0 Å². The SMILES string of the molecule is CCN(CC)C1(C(O)Cc2ccc(Cl)cc2Cl)CCCC1. The van der Waals surface area contributed by atoms with Crippen molar-refractivity contribution in [3.63, 3.8) is 0 Å². The summed E-state index contributed by atoms with van der Waals surface area (Å²) in [5.74, 6) is 0. The Bertz CT molecular complexity index is 468. The molecule has 1 unspecified atom stereocenters. The second kappa shape index (κ2) is 7.32. The third-order valence-corrected chi connectivity index (χ3v) is 5.50. The van der Waals surface area contributed by atoms with E-state index in [1.165, 1.54) is 12.8 Å². The highest BCUT2D eigenvalue weighted by Gasteiger charge is 2.44. The fraction of sp³-hybridized carbons (Fsp3) is 0.647. The van der Waals surface area contributed by atoms with Crippen LogP contribution < -0.4 is 0 Å². The number of aliphatic hydroxyl groups excluding tert-OH is 1. The Morgan fingerprint density at radius 2 is 1.81 bits per heavy atom. The summed E-state index contributed by atoms with van der Waals surface area (Å²) in [4.78, 5) is 2.43. The van der Waals surface area contributed by atoms with Crippen molar-refractivity contribution in [3.05, 3.63) is 33.8 Å². The first kappa shape index (κ1) is 17.1. The van der Waals surface area contributed by atoms with E-state index in [2.05, 4.69) is 18.7 Å². The van der Waals surface area contributed by atoms with Crippen molar-refractivity contribution >= 4 is 23.2 Å². The molecule has 1 saturated carbocycles. The summed E-state index contributed by atoms with van der Waals surface area (Å²) in [7, 11) is 0. The zero-order valence-corrected chi connectivity index (χ0v) is 14.4. The molecule has 0 spiro atoms. The fourth-order valence-electron chi connectivity index (χ4n) is 3.79. The van der Waals surface area contributed by atoms with Gasteiger partial charge in [0.05, 0.1) is 6.10 Å². The second-order valence-corrected chi connectivity index (χ2v) is 6.78. The van der Waals surface area contributed by atoms with Gasteiger partial charge >= 0.3 is 0 Å². The van der Waals surface area contributed by atoms with E-state index in [4.69, 9.17) is 23.2 Å². The average Bonchev–Trinajstić information content (AvgIpc) is 2.94. The number of likely N-dealkylation sites (N-methyl/N-ethyl adjacent to an activating group) is 1. The Balaban J connectivity index is 2.21. The molecule has 0 aromatic heterocycles. The summed E-state index contributed by atoms with van der Waals surface area (Å²) in [6, 6.07) is 5.52. The van der Waals surface area contributed by atoms with Crippen molar-refractivity contribution in [2.45, 2.75) is 57.6 Å². The third kappa shape index (κ3) is 3.56. The van der Waals surface area contributed by atoms with Crippen molar-refractivity contribution < 1.29 is 5.11 Å². The van der Waals surface area contributed by atoms with Gasteiger partial charge in [0.2, 0.25) is 0 Å². The summed E-state index contributed by atoms with van der Waals surface area (Å²) >= 11 is 12.2. The highest BCUT2D eigenvalue weighted by atomic mass is 35.5. The van der Waals surface area contributed by atoms with Gasteiger partial charge in [-0.15, -0.1) is 0 Å². The highest BCUT2D eigenvalue weighted by Crippen LogP contribution is 2.39. The van der Waals surface area contributed by atoms with E-state index < -0.39 is 6.10 Å². The van der Waals surface area contributed by atoms with Crippen LogP contribution in [0.25, 0.3) is 0 Å². The smallest absolute Gasteiger partial charge is 0.0764 e. The summed E-state index contributed by atoms with van der Waals surface area (Å²) in [5.41, 5.74) is 0.888. The van der Waals surface area contributed by atoms with E-state index >= 15 is 0 Å². The van der Waals surface area contributed by atoms with E-state index in [0.717, 1.165) is 31.5 Å². The molecule has 2 rings (SSSR count). The summed E-state index contributed by atoms with van der Waals surface area (Å²) in [5, 5.41) is 12.2. The first-order valence-corrected chi connectivity index (χ1v) is 8.66. The normalized spacial score (nSPS) is 19.1. The Hall–Kier alpha value is -0.280. The van der Waals surface area contributed by atoms with Crippen LogP contribution in [0.2, 0.25) is 10.0 Å². The number of nitrogens with zero attached hydrogens (tertiary/aromatic N) is 1. The molecule has 0 bridgehead atoms. The van der Waals surface area contributed by atoms with Gasteiger partial charge in [-0.05, 0) is 43.6 Å². The van der Waals surface area contributed by atoms with E-state index in [1.54, 1.807) is 6.07 Å². The molecule has 4 heteroatoms. The molecule has 1 aromatic rings. The van der Waals surface area contributed by atoms with E-state index in [0.29, 0.717) is 16.5 Å². The molecule has 0 saturated heterocycles. The first-order valence-electron chi connectivity index (χ1n) is 7.90. The van der Waals surface area contributed by atoms with Crippen LogP contribution >= 0.6 is 23.2 Å². The summed E-state index contributed by atoms with van der Waals surface area (Å²) < 4.78 is 0. The molecule has 118 valence electrons. The highest BCUT2D eigenvalue weighted by molar-refractivity contribution is 6.35. The second-order valence-electron chi connectivity index (χ2n) is 5.94. The van der Waals surface area contributed by atoms with E-state index in [-0.39, 0.29) is 5.54 Å². The zero-order valence-electron chi connectivity index (χ0n) is 12.9. The molecule has 1 N–H and O–H groups in total. The lowest BCUT2D eigenvalue weighted by Gasteiger charge is -2.44. The zero-order chi connectivity index (χ0) is 15.5.